The van der Waals surface area contributed by atoms with E-state index in [0.717, 1.165) is 16.9 Å². The number of ether oxygens (including phenoxy) is 1. The second kappa shape index (κ2) is 6.95. The lowest BCUT2D eigenvalue weighted by molar-refractivity contribution is 0.107. The number of benzene rings is 1. The molecule has 2 N–H and O–H groups in total. The van der Waals surface area contributed by atoms with E-state index in [4.69, 9.17) is 11.2 Å². The number of aliphatic hydroxyl groups excluding tert-OH is 1. The maximum atomic E-state index is 9.64. The second-order valence-corrected chi connectivity index (χ2v) is 4.07. The van der Waals surface area contributed by atoms with Gasteiger partial charge in [-0.2, -0.15) is 0 Å². The first kappa shape index (κ1) is 13.6. The molecule has 1 unspecified atom stereocenters. The highest BCUT2D eigenvalue weighted by atomic mass is 16.5. The summed E-state index contributed by atoms with van der Waals surface area (Å²) in [5, 5.41) is 12.6. The van der Waals surface area contributed by atoms with E-state index >= 15 is 0 Å². The fourth-order valence-electron chi connectivity index (χ4n) is 1.42. The summed E-state index contributed by atoms with van der Waals surface area (Å²) < 4.78 is 5.57. The van der Waals surface area contributed by atoms with Crippen molar-refractivity contribution in [2.45, 2.75) is 20.0 Å². The second-order valence-electron chi connectivity index (χ2n) is 4.07. The summed E-state index contributed by atoms with van der Waals surface area (Å²) in [4.78, 5) is 0. The van der Waals surface area contributed by atoms with Crippen LogP contribution in [0.1, 0.15) is 11.1 Å². The van der Waals surface area contributed by atoms with E-state index in [1.807, 2.05) is 32.0 Å². The Hall–Kier alpha value is -1.50. The monoisotopic (exact) mass is 233 g/mol. The van der Waals surface area contributed by atoms with E-state index in [1.54, 1.807) is 0 Å². The van der Waals surface area contributed by atoms with Gasteiger partial charge in [0.15, 0.2) is 0 Å². The van der Waals surface area contributed by atoms with Crippen LogP contribution in [0, 0.1) is 26.2 Å². The quantitative estimate of drug-likeness (QED) is 0.574. The minimum atomic E-state index is -0.553. The van der Waals surface area contributed by atoms with Gasteiger partial charge in [-0.15, -0.1) is 6.42 Å². The normalized spacial score (nSPS) is 11.9. The Labute approximate surface area is 103 Å². The zero-order valence-electron chi connectivity index (χ0n) is 10.4. The van der Waals surface area contributed by atoms with Gasteiger partial charge < -0.3 is 15.2 Å². The van der Waals surface area contributed by atoms with Crippen LogP contribution in [0.2, 0.25) is 0 Å². The van der Waals surface area contributed by atoms with E-state index in [0.29, 0.717) is 13.1 Å². The molecule has 1 rings (SSSR count). The first-order valence-corrected chi connectivity index (χ1v) is 5.65. The fourth-order valence-corrected chi connectivity index (χ4v) is 1.42. The summed E-state index contributed by atoms with van der Waals surface area (Å²) in [7, 11) is 0. The molecule has 0 aliphatic carbocycles. The lowest BCUT2D eigenvalue weighted by Crippen LogP contribution is -2.31. The van der Waals surface area contributed by atoms with Crippen LogP contribution in [-0.4, -0.2) is 30.9 Å². The van der Waals surface area contributed by atoms with Crippen LogP contribution in [0.5, 0.6) is 5.75 Å². The van der Waals surface area contributed by atoms with Crippen LogP contribution in [-0.2, 0) is 0 Å². The molecular formula is C14H19NO2. The molecular weight excluding hydrogens is 214 g/mol. The largest absolute Gasteiger partial charge is 0.491 e. The number of aryl methyl sites for hydroxylation is 2. The summed E-state index contributed by atoms with van der Waals surface area (Å²) >= 11 is 0. The molecule has 0 fully saturated rings. The fraction of sp³-hybridized carbons (Fsp3) is 0.429. The molecule has 1 aromatic carbocycles. The first-order chi connectivity index (χ1) is 8.13. The molecule has 0 aliphatic heterocycles. The smallest absolute Gasteiger partial charge is 0.122 e. The first-order valence-electron chi connectivity index (χ1n) is 5.65. The van der Waals surface area contributed by atoms with E-state index in [2.05, 4.69) is 11.2 Å². The molecule has 0 saturated heterocycles. The summed E-state index contributed by atoms with van der Waals surface area (Å²) in [6.45, 7) is 5.16. The minimum absolute atomic E-state index is 0.266. The van der Waals surface area contributed by atoms with Crippen molar-refractivity contribution in [3.63, 3.8) is 0 Å². The molecule has 0 aliphatic rings. The Balaban J connectivity index is 2.39. The van der Waals surface area contributed by atoms with Gasteiger partial charge >= 0.3 is 0 Å². The van der Waals surface area contributed by atoms with Crippen LogP contribution >= 0.6 is 0 Å². The molecule has 0 bridgehead atoms. The number of terminal acetylenes is 1. The third-order valence-electron chi connectivity index (χ3n) is 2.38. The molecule has 0 aromatic heterocycles. The molecule has 1 atom stereocenters. The molecule has 0 amide bonds. The highest BCUT2D eigenvalue weighted by Gasteiger charge is 2.06. The summed E-state index contributed by atoms with van der Waals surface area (Å²) in [6.07, 6.45) is 4.54. The van der Waals surface area contributed by atoms with Crippen molar-refractivity contribution in [1.29, 1.82) is 0 Å². The van der Waals surface area contributed by atoms with Gasteiger partial charge in [-0.05, 0) is 31.0 Å². The molecule has 1 aromatic rings. The van der Waals surface area contributed by atoms with Crippen molar-refractivity contribution >= 4 is 0 Å². The molecule has 3 nitrogen and oxygen atoms in total. The van der Waals surface area contributed by atoms with E-state index in [1.165, 1.54) is 0 Å². The Kier molecular flexibility index (Phi) is 5.55. The predicted octanol–water partition coefficient (Wildman–Crippen LogP) is 1.27. The van der Waals surface area contributed by atoms with E-state index in [-0.39, 0.29) is 6.61 Å². The Bertz CT molecular complexity index is 396. The average molecular weight is 233 g/mol. The highest BCUT2D eigenvalue weighted by molar-refractivity contribution is 5.35. The van der Waals surface area contributed by atoms with Gasteiger partial charge in [0.1, 0.15) is 18.5 Å². The van der Waals surface area contributed by atoms with Crippen LogP contribution in [0.3, 0.4) is 0 Å². The Morgan fingerprint density at radius 1 is 1.47 bits per heavy atom. The van der Waals surface area contributed by atoms with Crippen LogP contribution in [0.4, 0.5) is 0 Å². The molecule has 3 heteroatoms. The molecule has 17 heavy (non-hydrogen) atoms. The number of nitrogens with one attached hydrogen (secondary N) is 1. The summed E-state index contributed by atoms with van der Waals surface area (Å²) in [6, 6.07) is 6.01. The van der Waals surface area contributed by atoms with Crippen molar-refractivity contribution in [3.8, 4) is 18.1 Å². The van der Waals surface area contributed by atoms with Crippen LogP contribution in [0.25, 0.3) is 0 Å². The average Bonchev–Trinajstić information content (AvgIpc) is 2.31. The number of aliphatic hydroxyl groups is 1. The van der Waals surface area contributed by atoms with E-state index < -0.39 is 6.10 Å². The van der Waals surface area contributed by atoms with Crippen LogP contribution < -0.4 is 10.1 Å². The van der Waals surface area contributed by atoms with Crippen molar-refractivity contribution < 1.29 is 9.84 Å². The molecule has 0 radical (unpaired) electrons. The molecule has 0 saturated carbocycles. The van der Waals surface area contributed by atoms with Crippen molar-refractivity contribution in [3.05, 3.63) is 29.3 Å². The minimum Gasteiger partial charge on any atom is -0.491 e. The molecule has 0 heterocycles. The number of hydrogen-bond acceptors (Lipinski definition) is 3. The van der Waals surface area contributed by atoms with Crippen molar-refractivity contribution in [2.24, 2.45) is 0 Å². The summed E-state index contributed by atoms with van der Waals surface area (Å²) in [5.41, 5.74) is 2.21. The zero-order chi connectivity index (χ0) is 12.7. The maximum Gasteiger partial charge on any atom is 0.122 e. The standard InChI is InChI=1S/C14H19NO2/c1-4-7-15-9-13(16)10-17-14-8-11(2)5-6-12(14)3/h1,5-6,8,13,15-16H,7,9-10H2,2-3H3. The number of rotatable bonds is 6. The lowest BCUT2D eigenvalue weighted by atomic mass is 10.1. The third kappa shape index (κ3) is 4.90. The maximum absolute atomic E-state index is 9.64. The van der Waals surface area contributed by atoms with Crippen molar-refractivity contribution in [1.82, 2.24) is 5.32 Å². The van der Waals surface area contributed by atoms with Crippen molar-refractivity contribution in [2.75, 3.05) is 19.7 Å². The van der Waals surface area contributed by atoms with Gasteiger partial charge in [-0.3, -0.25) is 0 Å². The van der Waals surface area contributed by atoms with Gasteiger partial charge in [0.25, 0.3) is 0 Å². The Morgan fingerprint density at radius 3 is 2.94 bits per heavy atom. The van der Waals surface area contributed by atoms with Crippen LogP contribution in [0.15, 0.2) is 18.2 Å². The number of hydrogen-bond donors (Lipinski definition) is 2. The summed E-state index contributed by atoms with van der Waals surface area (Å²) in [5.74, 6) is 3.27. The zero-order valence-corrected chi connectivity index (χ0v) is 10.4. The van der Waals surface area contributed by atoms with Gasteiger partial charge in [0, 0.05) is 6.54 Å². The van der Waals surface area contributed by atoms with Gasteiger partial charge in [-0.25, -0.2) is 0 Å². The highest BCUT2D eigenvalue weighted by Crippen LogP contribution is 2.19. The molecule has 0 spiro atoms. The topological polar surface area (TPSA) is 41.5 Å². The molecule has 92 valence electrons. The van der Waals surface area contributed by atoms with Gasteiger partial charge in [0.05, 0.1) is 6.54 Å². The van der Waals surface area contributed by atoms with Gasteiger partial charge in [0.2, 0.25) is 0 Å². The lowest BCUT2D eigenvalue weighted by Gasteiger charge is -2.14. The van der Waals surface area contributed by atoms with E-state index in [9.17, 15) is 5.11 Å². The predicted molar refractivity (Wildman–Crippen MR) is 69.1 cm³/mol. The third-order valence-corrected chi connectivity index (χ3v) is 2.38. The SMILES string of the molecule is C#CCNCC(O)COc1cc(C)ccc1C. The van der Waals surface area contributed by atoms with Gasteiger partial charge in [-0.1, -0.05) is 18.1 Å². The Morgan fingerprint density at radius 2 is 2.24 bits per heavy atom.